The number of imide groups is 1. The molecule has 0 saturated heterocycles. The van der Waals surface area contributed by atoms with E-state index in [-0.39, 0.29) is 17.9 Å². The molecule has 1 aromatic carbocycles. The Morgan fingerprint density at radius 1 is 1.10 bits per heavy atom. The van der Waals surface area contributed by atoms with Crippen LogP contribution in [-0.4, -0.2) is 29.0 Å². The van der Waals surface area contributed by atoms with E-state index in [1.54, 1.807) is 24.3 Å². The topological polar surface area (TPSA) is 54.5 Å². The SMILES string of the molecule is CC.CC=O.CCCC(C)N1C(=O)c2ccccc2C1=O. The normalized spacial score (nSPS) is 13.5. The number of benzene rings is 1. The van der Waals surface area contributed by atoms with Crippen molar-refractivity contribution in [2.45, 2.75) is 53.5 Å². The van der Waals surface area contributed by atoms with Crippen LogP contribution >= 0.6 is 0 Å². The molecule has 0 radical (unpaired) electrons. The molecule has 0 spiro atoms. The second-order valence-electron chi connectivity index (χ2n) is 4.40. The third-order valence-corrected chi connectivity index (χ3v) is 2.97. The summed E-state index contributed by atoms with van der Waals surface area (Å²) in [6, 6.07) is 7.00. The summed E-state index contributed by atoms with van der Waals surface area (Å²) in [6.07, 6.45) is 2.57. The zero-order chi connectivity index (χ0) is 16.4. The second kappa shape index (κ2) is 9.86. The molecule has 0 fully saturated rings. The number of aldehydes is 1. The molecule has 2 rings (SSSR count). The molecule has 1 heterocycles. The van der Waals surface area contributed by atoms with Crippen LogP contribution in [0.2, 0.25) is 0 Å². The minimum absolute atomic E-state index is 0.0163. The molecule has 4 nitrogen and oxygen atoms in total. The molecule has 1 aliphatic rings. The van der Waals surface area contributed by atoms with Gasteiger partial charge in [-0.2, -0.15) is 0 Å². The summed E-state index contributed by atoms with van der Waals surface area (Å²) in [5.74, 6) is -0.303. The van der Waals surface area contributed by atoms with Crippen molar-refractivity contribution in [2.24, 2.45) is 0 Å². The van der Waals surface area contributed by atoms with E-state index in [0.29, 0.717) is 11.1 Å². The monoisotopic (exact) mass is 291 g/mol. The number of amides is 2. The van der Waals surface area contributed by atoms with Gasteiger partial charge in [-0.25, -0.2) is 0 Å². The van der Waals surface area contributed by atoms with Crippen LogP contribution in [0.4, 0.5) is 0 Å². The zero-order valence-corrected chi connectivity index (χ0v) is 13.6. The van der Waals surface area contributed by atoms with Crippen molar-refractivity contribution in [2.75, 3.05) is 0 Å². The molecule has 21 heavy (non-hydrogen) atoms. The van der Waals surface area contributed by atoms with Crippen molar-refractivity contribution in [1.29, 1.82) is 0 Å². The molecule has 0 bridgehead atoms. The van der Waals surface area contributed by atoms with Crippen LogP contribution in [0.3, 0.4) is 0 Å². The Bertz CT molecular complexity index is 448. The largest absolute Gasteiger partial charge is 0.304 e. The number of fused-ring (bicyclic) bond motifs is 1. The number of rotatable bonds is 3. The van der Waals surface area contributed by atoms with E-state index in [9.17, 15) is 9.59 Å². The Kier molecular flexibility index (Phi) is 8.93. The summed E-state index contributed by atoms with van der Waals surface area (Å²) in [7, 11) is 0. The van der Waals surface area contributed by atoms with Crippen LogP contribution in [0, 0.1) is 0 Å². The maximum absolute atomic E-state index is 12.0. The summed E-state index contributed by atoms with van der Waals surface area (Å²) in [5.41, 5.74) is 1.07. The number of carbonyl (C=O) groups is 3. The van der Waals surface area contributed by atoms with Gasteiger partial charge in [0.05, 0.1) is 11.1 Å². The van der Waals surface area contributed by atoms with Crippen molar-refractivity contribution < 1.29 is 14.4 Å². The lowest BCUT2D eigenvalue weighted by Crippen LogP contribution is -2.37. The first-order valence-corrected chi connectivity index (χ1v) is 7.45. The molecule has 1 aromatic rings. The number of hydrogen-bond donors (Lipinski definition) is 0. The van der Waals surface area contributed by atoms with Gasteiger partial charge in [0.15, 0.2) is 0 Å². The Hall–Kier alpha value is -1.97. The van der Waals surface area contributed by atoms with Crippen molar-refractivity contribution in [3.8, 4) is 0 Å². The molecular formula is C17H25NO3. The van der Waals surface area contributed by atoms with E-state index < -0.39 is 0 Å². The summed E-state index contributed by atoms with van der Waals surface area (Å²) in [5, 5.41) is 0. The van der Waals surface area contributed by atoms with Gasteiger partial charge in [0, 0.05) is 6.04 Å². The van der Waals surface area contributed by atoms with Gasteiger partial charge in [0.25, 0.3) is 11.8 Å². The van der Waals surface area contributed by atoms with Gasteiger partial charge in [0.2, 0.25) is 0 Å². The van der Waals surface area contributed by atoms with E-state index >= 15 is 0 Å². The van der Waals surface area contributed by atoms with Crippen LogP contribution in [0.25, 0.3) is 0 Å². The summed E-state index contributed by atoms with van der Waals surface area (Å²) >= 11 is 0. The van der Waals surface area contributed by atoms with Gasteiger partial charge in [-0.1, -0.05) is 39.3 Å². The van der Waals surface area contributed by atoms with Gasteiger partial charge in [-0.15, -0.1) is 0 Å². The van der Waals surface area contributed by atoms with E-state index in [1.807, 2.05) is 20.8 Å². The number of carbonyl (C=O) groups excluding carboxylic acids is 3. The Labute approximate surface area is 127 Å². The maximum Gasteiger partial charge on any atom is 0.261 e. The molecule has 1 unspecified atom stereocenters. The molecule has 2 amide bonds. The van der Waals surface area contributed by atoms with Gasteiger partial charge in [-0.3, -0.25) is 14.5 Å². The smallest absolute Gasteiger partial charge is 0.261 e. The highest BCUT2D eigenvalue weighted by Crippen LogP contribution is 2.25. The van der Waals surface area contributed by atoms with Gasteiger partial charge < -0.3 is 4.79 Å². The Morgan fingerprint density at radius 2 is 1.48 bits per heavy atom. The Morgan fingerprint density at radius 3 is 1.81 bits per heavy atom. The van der Waals surface area contributed by atoms with Crippen LogP contribution in [-0.2, 0) is 4.79 Å². The highest BCUT2D eigenvalue weighted by Gasteiger charge is 2.37. The maximum atomic E-state index is 12.0. The highest BCUT2D eigenvalue weighted by molar-refractivity contribution is 6.21. The first kappa shape index (κ1) is 19.0. The molecule has 0 aromatic heterocycles. The molecule has 116 valence electrons. The molecule has 0 aliphatic carbocycles. The zero-order valence-electron chi connectivity index (χ0n) is 13.6. The molecule has 0 N–H and O–H groups in total. The van der Waals surface area contributed by atoms with Crippen LogP contribution in [0.5, 0.6) is 0 Å². The second-order valence-corrected chi connectivity index (χ2v) is 4.40. The molecule has 0 saturated carbocycles. The number of nitrogens with zero attached hydrogens (tertiary/aromatic N) is 1. The van der Waals surface area contributed by atoms with E-state index in [1.165, 1.54) is 11.8 Å². The van der Waals surface area contributed by atoms with Crippen molar-refractivity contribution in [1.82, 2.24) is 4.90 Å². The predicted molar refractivity (Wildman–Crippen MR) is 84.4 cm³/mol. The molecular weight excluding hydrogens is 266 g/mol. The lowest BCUT2D eigenvalue weighted by atomic mass is 10.1. The minimum atomic E-state index is -0.151. The predicted octanol–water partition coefficient (Wildman–Crippen LogP) is 3.70. The summed E-state index contributed by atoms with van der Waals surface area (Å²) in [6.45, 7) is 9.42. The lowest BCUT2D eigenvalue weighted by Gasteiger charge is -2.21. The number of hydrogen-bond acceptors (Lipinski definition) is 3. The Balaban J connectivity index is 0.000000713. The molecule has 1 atom stereocenters. The molecule has 1 aliphatic heterocycles. The van der Waals surface area contributed by atoms with Crippen molar-refractivity contribution >= 4 is 18.1 Å². The average Bonchev–Trinajstić information content (AvgIpc) is 2.75. The summed E-state index contributed by atoms with van der Waals surface area (Å²) < 4.78 is 0. The third kappa shape index (κ3) is 4.52. The van der Waals surface area contributed by atoms with E-state index in [2.05, 4.69) is 6.92 Å². The first-order chi connectivity index (χ1) is 10.1. The summed E-state index contributed by atoms with van der Waals surface area (Å²) in [4.78, 5) is 34.2. The molecule has 4 heteroatoms. The minimum Gasteiger partial charge on any atom is -0.304 e. The quantitative estimate of drug-likeness (QED) is 0.630. The van der Waals surface area contributed by atoms with Gasteiger partial charge in [0.1, 0.15) is 6.29 Å². The van der Waals surface area contributed by atoms with Crippen LogP contribution < -0.4 is 0 Å². The fraction of sp³-hybridized carbons (Fsp3) is 0.471. The van der Waals surface area contributed by atoms with Gasteiger partial charge in [-0.05, 0) is 32.4 Å². The third-order valence-electron chi connectivity index (χ3n) is 2.97. The fourth-order valence-corrected chi connectivity index (χ4v) is 2.16. The highest BCUT2D eigenvalue weighted by atomic mass is 16.2. The van der Waals surface area contributed by atoms with Crippen LogP contribution in [0.15, 0.2) is 24.3 Å². The van der Waals surface area contributed by atoms with Crippen molar-refractivity contribution in [3.63, 3.8) is 0 Å². The van der Waals surface area contributed by atoms with Crippen LogP contribution in [0.1, 0.15) is 68.2 Å². The first-order valence-electron chi connectivity index (χ1n) is 7.45. The van der Waals surface area contributed by atoms with Gasteiger partial charge >= 0.3 is 0 Å². The fourth-order valence-electron chi connectivity index (χ4n) is 2.16. The van der Waals surface area contributed by atoms with E-state index in [0.717, 1.165) is 19.1 Å². The standard InChI is InChI=1S/C13H15NO2.C2H4O.C2H6/c1-3-6-9(2)14-12(15)10-7-4-5-8-11(10)13(14)16;1-2-3;1-2/h4-5,7-9H,3,6H2,1-2H3;2H,1H3;1-2H3. The van der Waals surface area contributed by atoms with E-state index in [4.69, 9.17) is 4.79 Å². The van der Waals surface area contributed by atoms with Crippen molar-refractivity contribution in [3.05, 3.63) is 35.4 Å². The average molecular weight is 291 g/mol. The lowest BCUT2D eigenvalue weighted by molar-refractivity contribution is -0.106.